The largest absolute Gasteiger partial charge is 0.480 e. The smallest absolute Gasteiger partial charge is 0.323 e. The van der Waals surface area contributed by atoms with Gasteiger partial charge >= 0.3 is 5.97 Å². The summed E-state index contributed by atoms with van der Waals surface area (Å²) in [5, 5.41) is 13.3. The summed E-state index contributed by atoms with van der Waals surface area (Å²) in [6, 6.07) is 7.61. The molecular weight excluding hydrogens is 250 g/mol. The summed E-state index contributed by atoms with van der Waals surface area (Å²) in [5.74, 6) is -0.726. The van der Waals surface area contributed by atoms with Gasteiger partial charge in [-0.3, -0.25) is 4.79 Å². The lowest BCUT2D eigenvalue weighted by atomic mass is 9.83. The predicted molar refractivity (Wildman–Crippen MR) is 72.0 cm³/mol. The molecule has 1 aromatic carbocycles. The van der Waals surface area contributed by atoms with Crippen LogP contribution in [0.4, 0.5) is 0 Å². The molecule has 1 unspecified atom stereocenters. The number of carboxylic acids is 1. The van der Waals surface area contributed by atoms with E-state index in [9.17, 15) is 9.90 Å². The maximum atomic E-state index is 11.5. The average molecular weight is 268 g/mol. The molecule has 3 nitrogen and oxygen atoms in total. The van der Waals surface area contributed by atoms with Crippen LogP contribution in [-0.4, -0.2) is 23.2 Å². The van der Waals surface area contributed by atoms with Crippen LogP contribution in [0.25, 0.3) is 0 Å². The van der Waals surface area contributed by atoms with Gasteiger partial charge in [-0.2, -0.15) is 0 Å². The van der Waals surface area contributed by atoms with Gasteiger partial charge in [0.25, 0.3) is 0 Å². The highest BCUT2D eigenvalue weighted by Gasteiger charge is 2.38. The molecule has 18 heavy (non-hydrogen) atoms. The van der Waals surface area contributed by atoms with Crippen molar-refractivity contribution in [1.29, 1.82) is 0 Å². The third-order valence-electron chi connectivity index (χ3n) is 3.66. The van der Waals surface area contributed by atoms with Crippen LogP contribution in [0.3, 0.4) is 0 Å². The second kappa shape index (κ2) is 5.72. The molecule has 2 rings (SSSR count). The summed E-state index contributed by atoms with van der Waals surface area (Å²) in [6.45, 7) is 0.799. The normalized spacial score (nSPS) is 23.8. The molecule has 2 N–H and O–H groups in total. The Balaban J connectivity index is 2.01. The maximum Gasteiger partial charge on any atom is 0.323 e. The minimum atomic E-state index is -0.738. The van der Waals surface area contributed by atoms with E-state index >= 15 is 0 Å². The van der Waals surface area contributed by atoms with Gasteiger partial charge in [0.05, 0.1) is 0 Å². The number of rotatable bonds is 4. The minimum absolute atomic E-state index is 0.629. The van der Waals surface area contributed by atoms with Gasteiger partial charge in [0, 0.05) is 5.02 Å². The van der Waals surface area contributed by atoms with Crippen molar-refractivity contribution in [2.24, 2.45) is 0 Å². The standard InChI is InChI=1S/C14H18ClNO2/c15-12-5-3-11(4-6-12)7-9-14(13(17)18)8-1-2-10-16-14/h3-6,16H,1-2,7-10H2,(H,17,18). The first kappa shape index (κ1) is 13.4. The molecule has 1 atom stereocenters. The molecule has 98 valence electrons. The van der Waals surface area contributed by atoms with Crippen LogP contribution >= 0.6 is 11.6 Å². The number of nitrogens with one attached hydrogen (secondary N) is 1. The Morgan fingerprint density at radius 3 is 2.61 bits per heavy atom. The number of aryl methyl sites for hydroxylation is 1. The van der Waals surface area contributed by atoms with E-state index < -0.39 is 11.5 Å². The number of piperidine rings is 1. The van der Waals surface area contributed by atoms with Gasteiger partial charge in [0.1, 0.15) is 5.54 Å². The number of hydrogen-bond donors (Lipinski definition) is 2. The van der Waals surface area contributed by atoms with Gasteiger partial charge in [-0.1, -0.05) is 23.7 Å². The van der Waals surface area contributed by atoms with Crippen molar-refractivity contribution in [3.8, 4) is 0 Å². The molecule has 0 saturated carbocycles. The Bertz CT molecular complexity index is 410. The Labute approximate surface area is 112 Å². The summed E-state index contributed by atoms with van der Waals surface area (Å²) in [7, 11) is 0. The number of carbonyl (C=O) groups is 1. The summed E-state index contributed by atoms with van der Waals surface area (Å²) in [6.07, 6.45) is 4.16. The molecule has 0 aliphatic carbocycles. The Morgan fingerprint density at radius 1 is 1.33 bits per heavy atom. The van der Waals surface area contributed by atoms with Crippen molar-refractivity contribution in [2.75, 3.05) is 6.54 Å². The van der Waals surface area contributed by atoms with E-state index in [2.05, 4.69) is 5.32 Å². The lowest BCUT2D eigenvalue weighted by molar-refractivity contribution is -0.146. The SMILES string of the molecule is O=C(O)C1(CCc2ccc(Cl)cc2)CCCCN1. The topological polar surface area (TPSA) is 49.3 Å². The van der Waals surface area contributed by atoms with E-state index in [0.717, 1.165) is 37.8 Å². The number of benzene rings is 1. The van der Waals surface area contributed by atoms with Crippen LogP contribution in [-0.2, 0) is 11.2 Å². The molecular formula is C14H18ClNO2. The summed E-state index contributed by atoms with van der Waals surface area (Å²) in [4.78, 5) is 11.5. The number of aliphatic carboxylic acids is 1. The van der Waals surface area contributed by atoms with Gasteiger partial charge in [0.15, 0.2) is 0 Å². The molecule has 0 radical (unpaired) electrons. The van der Waals surface area contributed by atoms with E-state index in [1.54, 1.807) is 0 Å². The van der Waals surface area contributed by atoms with Crippen molar-refractivity contribution in [3.63, 3.8) is 0 Å². The summed E-state index contributed by atoms with van der Waals surface area (Å²) < 4.78 is 0. The third kappa shape index (κ3) is 3.03. The minimum Gasteiger partial charge on any atom is -0.480 e. The van der Waals surface area contributed by atoms with E-state index in [4.69, 9.17) is 11.6 Å². The first-order valence-corrected chi connectivity index (χ1v) is 6.73. The quantitative estimate of drug-likeness (QED) is 0.882. The molecule has 1 heterocycles. The van der Waals surface area contributed by atoms with Crippen molar-refractivity contribution in [1.82, 2.24) is 5.32 Å². The second-order valence-electron chi connectivity index (χ2n) is 4.90. The predicted octanol–water partition coefficient (Wildman–Crippen LogP) is 2.87. The highest BCUT2D eigenvalue weighted by molar-refractivity contribution is 6.30. The molecule has 0 aromatic heterocycles. The van der Waals surface area contributed by atoms with E-state index in [1.807, 2.05) is 24.3 Å². The summed E-state index contributed by atoms with van der Waals surface area (Å²) >= 11 is 5.83. The molecule has 0 spiro atoms. The molecule has 1 aliphatic heterocycles. The van der Waals surface area contributed by atoms with Crippen LogP contribution < -0.4 is 5.32 Å². The zero-order chi connectivity index (χ0) is 13.0. The monoisotopic (exact) mass is 267 g/mol. The van der Waals surface area contributed by atoms with Crippen molar-refractivity contribution in [3.05, 3.63) is 34.9 Å². The fraction of sp³-hybridized carbons (Fsp3) is 0.500. The van der Waals surface area contributed by atoms with E-state index in [0.29, 0.717) is 11.4 Å². The number of carboxylic acid groups (broad SMARTS) is 1. The lowest BCUT2D eigenvalue weighted by Crippen LogP contribution is -2.54. The van der Waals surface area contributed by atoms with Gasteiger partial charge < -0.3 is 10.4 Å². The molecule has 1 saturated heterocycles. The maximum absolute atomic E-state index is 11.5. The van der Waals surface area contributed by atoms with Crippen LogP contribution in [0.5, 0.6) is 0 Å². The van der Waals surface area contributed by atoms with Gasteiger partial charge in [-0.25, -0.2) is 0 Å². The first-order valence-electron chi connectivity index (χ1n) is 6.35. The van der Waals surface area contributed by atoms with Crippen molar-refractivity contribution >= 4 is 17.6 Å². The molecule has 1 fully saturated rings. The van der Waals surface area contributed by atoms with Crippen LogP contribution in [0.2, 0.25) is 5.02 Å². The van der Waals surface area contributed by atoms with E-state index in [1.165, 1.54) is 0 Å². The molecule has 0 amide bonds. The van der Waals surface area contributed by atoms with Crippen LogP contribution in [0, 0.1) is 0 Å². The van der Waals surface area contributed by atoms with Crippen molar-refractivity contribution in [2.45, 2.75) is 37.6 Å². The first-order chi connectivity index (χ1) is 8.62. The Morgan fingerprint density at radius 2 is 2.06 bits per heavy atom. The fourth-order valence-corrected chi connectivity index (χ4v) is 2.61. The highest BCUT2D eigenvalue weighted by Crippen LogP contribution is 2.25. The van der Waals surface area contributed by atoms with Gasteiger partial charge in [-0.05, 0) is 56.3 Å². The lowest BCUT2D eigenvalue weighted by Gasteiger charge is -2.34. The molecule has 1 aliphatic rings. The van der Waals surface area contributed by atoms with Crippen LogP contribution in [0.1, 0.15) is 31.2 Å². The van der Waals surface area contributed by atoms with E-state index in [-0.39, 0.29) is 0 Å². The third-order valence-corrected chi connectivity index (χ3v) is 3.91. The number of hydrogen-bond acceptors (Lipinski definition) is 2. The zero-order valence-corrected chi connectivity index (χ0v) is 11.0. The van der Waals surface area contributed by atoms with Gasteiger partial charge in [0.2, 0.25) is 0 Å². The number of halogens is 1. The van der Waals surface area contributed by atoms with Gasteiger partial charge in [-0.15, -0.1) is 0 Å². The molecule has 4 heteroatoms. The summed E-state index contributed by atoms with van der Waals surface area (Å²) in [5.41, 5.74) is 0.394. The Hall–Kier alpha value is -1.06. The molecule has 1 aromatic rings. The van der Waals surface area contributed by atoms with Crippen LogP contribution in [0.15, 0.2) is 24.3 Å². The zero-order valence-electron chi connectivity index (χ0n) is 10.3. The van der Waals surface area contributed by atoms with Crippen molar-refractivity contribution < 1.29 is 9.90 Å². The second-order valence-corrected chi connectivity index (χ2v) is 5.33. The fourth-order valence-electron chi connectivity index (χ4n) is 2.48. The Kier molecular flexibility index (Phi) is 4.25. The molecule has 0 bridgehead atoms. The average Bonchev–Trinajstić information content (AvgIpc) is 2.39. The highest BCUT2D eigenvalue weighted by atomic mass is 35.5.